The van der Waals surface area contributed by atoms with Crippen LogP contribution in [0.15, 0.2) is 18.2 Å². The van der Waals surface area contributed by atoms with Crippen LogP contribution in [0.4, 0.5) is 5.69 Å². The summed E-state index contributed by atoms with van der Waals surface area (Å²) in [6.07, 6.45) is 0.166. The minimum Gasteiger partial charge on any atom is -0.399 e. The lowest BCUT2D eigenvalue weighted by Crippen LogP contribution is -2.35. The minimum atomic E-state index is -0.458. The van der Waals surface area contributed by atoms with E-state index in [1.165, 1.54) is 25.3 Å². The van der Waals surface area contributed by atoms with Gasteiger partial charge in [-0.1, -0.05) is 0 Å². The van der Waals surface area contributed by atoms with Crippen molar-refractivity contribution in [1.29, 1.82) is 0 Å². The molecular formula is C12H16N2O4. The number of carbonyl (C=O) groups is 2. The Morgan fingerprint density at radius 3 is 2.83 bits per heavy atom. The Morgan fingerprint density at radius 1 is 1.56 bits per heavy atom. The zero-order valence-corrected chi connectivity index (χ0v) is 10.1. The molecule has 18 heavy (non-hydrogen) atoms. The van der Waals surface area contributed by atoms with Crippen LogP contribution >= 0.6 is 0 Å². The number of hydrogen-bond donors (Lipinski definition) is 3. The van der Waals surface area contributed by atoms with Crippen molar-refractivity contribution in [3.05, 3.63) is 29.3 Å². The molecule has 0 aliphatic carbocycles. The number of aldehydes is 1. The molecule has 1 aromatic carbocycles. The van der Waals surface area contributed by atoms with E-state index >= 15 is 0 Å². The van der Waals surface area contributed by atoms with Gasteiger partial charge in [-0.15, -0.1) is 0 Å². The highest BCUT2D eigenvalue weighted by Crippen LogP contribution is 2.10. The van der Waals surface area contributed by atoms with E-state index in [9.17, 15) is 9.59 Å². The van der Waals surface area contributed by atoms with E-state index in [1.54, 1.807) is 0 Å². The van der Waals surface area contributed by atoms with E-state index < -0.39 is 6.10 Å². The van der Waals surface area contributed by atoms with Crippen LogP contribution in [0.5, 0.6) is 0 Å². The summed E-state index contributed by atoms with van der Waals surface area (Å²) >= 11 is 0. The molecule has 0 aliphatic rings. The predicted octanol–water partition coefficient (Wildman–Crippen LogP) is -0.182. The Hall–Kier alpha value is -1.92. The van der Waals surface area contributed by atoms with Crippen molar-refractivity contribution in [3.8, 4) is 0 Å². The number of amides is 1. The molecule has 0 heterocycles. The van der Waals surface area contributed by atoms with Gasteiger partial charge in [-0.05, 0) is 18.2 Å². The molecule has 1 unspecified atom stereocenters. The second kappa shape index (κ2) is 6.73. The monoisotopic (exact) mass is 252 g/mol. The maximum absolute atomic E-state index is 11.8. The molecule has 0 bridgehead atoms. The first-order valence-corrected chi connectivity index (χ1v) is 5.38. The number of nitrogens with two attached hydrogens (primary N) is 1. The normalized spacial score (nSPS) is 11.9. The summed E-state index contributed by atoms with van der Waals surface area (Å²) in [5.74, 6) is -0.374. The fourth-order valence-corrected chi connectivity index (χ4v) is 1.41. The van der Waals surface area contributed by atoms with Crippen LogP contribution in [-0.4, -0.2) is 43.7 Å². The first-order chi connectivity index (χ1) is 8.60. The Labute approximate surface area is 105 Å². The Bertz CT molecular complexity index is 430. The van der Waals surface area contributed by atoms with Gasteiger partial charge in [0.2, 0.25) is 0 Å². The first kappa shape index (κ1) is 14.1. The molecule has 1 rings (SSSR count). The van der Waals surface area contributed by atoms with Crippen molar-refractivity contribution >= 4 is 17.9 Å². The van der Waals surface area contributed by atoms with Crippen molar-refractivity contribution in [2.45, 2.75) is 6.10 Å². The molecule has 0 saturated carbocycles. The molecule has 6 heteroatoms. The summed E-state index contributed by atoms with van der Waals surface area (Å²) in [5.41, 5.74) is 6.55. The summed E-state index contributed by atoms with van der Waals surface area (Å²) in [4.78, 5) is 22.4. The molecule has 4 N–H and O–H groups in total. The van der Waals surface area contributed by atoms with Gasteiger partial charge in [0.05, 0.1) is 12.7 Å². The summed E-state index contributed by atoms with van der Waals surface area (Å²) in [6.45, 7) is -0.00957. The van der Waals surface area contributed by atoms with E-state index in [2.05, 4.69) is 5.32 Å². The number of methoxy groups -OCH3 is 1. The average Bonchev–Trinajstić information content (AvgIpc) is 2.38. The highest BCUT2D eigenvalue weighted by atomic mass is 16.5. The number of aliphatic hydroxyl groups excluding tert-OH is 1. The van der Waals surface area contributed by atoms with Crippen LogP contribution < -0.4 is 11.1 Å². The smallest absolute Gasteiger partial charge is 0.251 e. The maximum Gasteiger partial charge on any atom is 0.251 e. The number of carbonyl (C=O) groups excluding carboxylic acids is 2. The number of anilines is 1. The number of benzene rings is 1. The van der Waals surface area contributed by atoms with Gasteiger partial charge >= 0.3 is 0 Å². The molecule has 6 nitrogen and oxygen atoms in total. The third-order valence-electron chi connectivity index (χ3n) is 2.40. The molecule has 1 atom stereocenters. The lowest BCUT2D eigenvalue weighted by Gasteiger charge is -2.13. The van der Waals surface area contributed by atoms with Crippen molar-refractivity contribution in [3.63, 3.8) is 0 Å². The van der Waals surface area contributed by atoms with Crippen molar-refractivity contribution in [2.24, 2.45) is 0 Å². The molecule has 0 aromatic heterocycles. The molecule has 0 radical (unpaired) electrons. The number of hydrogen-bond acceptors (Lipinski definition) is 5. The zero-order chi connectivity index (χ0) is 13.5. The van der Waals surface area contributed by atoms with Gasteiger partial charge in [-0.25, -0.2) is 0 Å². The molecule has 1 aromatic rings. The largest absolute Gasteiger partial charge is 0.399 e. The number of nitrogen functional groups attached to an aromatic ring is 1. The standard InChI is InChI=1S/C12H16N2O4/c1-18-11(7-16)5-14-12(17)9-2-8(6-15)3-10(13)4-9/h2-4,6,11,16H,5,7,13H2,1H3,(H,14,17). The first-order valence-electron chi connectivity index (χ1n) is 5.38. The predicted molar refractivity (Wildman–Crippen MR) is 66.5 cm³/mol. The minimum absolute atomic E-state index is 0.178. The van der Waals surface area contributed by atoms with Crippen LogP contribution in [0.2, 0.25) is 0 Å². The molecule has 98 valence electrons. The Kier molecular flexibility index (Phi) is 5.29. The van der Waals surface area contributed by atoms with E-state index in [-0.39, 0.29) is 19.1 Å². The van der Waals surface area contributed by atoms with Crippen molar-refractivity contribution in [1.82, 2.24) is 5.32 Å². The summed E-state index contributed by atoms with van der Waals surface area (Å²) < 4.78 is 4.91. The van der Waals surface area contributed by atoms with Gasteiger partial charge in [0, 0.05) is 30.5 Å². The number of aliphatic hydroxyl groups is 1. The van der Waals surface area contributed by atoms with Crippen LogP contribution in [0.1, 0.15) is 20.7 Å². The van der Waals surface area contributed by atoms with Gasteiger partial charge in [0.25, 0.3) is 5.91 Å². The van der Waals surface area contributed by atoms with Crippen molar-refractivity contribution < 1.29 is 19.4 Å². The number of ether oxygens (including phenoxy) is 1. The second-order valence-electron chi connectivity index (χ2n) is 3.76. The maximum atomic E-state index is 11.8. The van der Waals surface area contributed by atoms with Gasteiger partial charge < -0.3 is 20.9 Å². The molecule has 0 saturated heterocycles. The quantitative estimate of drug-likeness (QED) is 0.481. The third-order valence-corrected chi connectivity index (χ3v) is 2.40. The molecular weight excluding hydrogens is 236 g/mol. The highest BCUT2D eigenvalue weighted by molar-refractivity contribution is 5.96. The SMILES string of the molecule is COC(CO)CNC(=O)c1cc(N)cc(C=O)c1. The van der Waals surface area contributed by atoms with Crippen LogP contribution in [0, 0.1) is 0 Å². The van der Waals surface area contributed by atoms with Gasteiger partial charge in [-0.2, -0.15) is 0 Å². The molecule has 0 spiro atoms. The summed E-state index contributed by atoms with van der Waals surface area (Å²) in [5, 5.41) is 11.5. The fourth-order valence-electron chi connectivity index (χ4n) is 1.41. The van der Waals surface area contributed by atoms with E-state index in [1.807, 2.05) is 0 Å². The lowest BCUT2D eigenvalue weighted by molar-refractivity contribution is 0.0474. The van der Waals surface area contributed by atoms with Crippen LogP contribution in [0.3, 0.4) is 0 Å². The van der Waals surface area contributed by atoms with E-state index in [0.717, 1.165) is 0 Å². The lowest BCUT2D eigenvalue weighted by atomic mass is 10.1. The summed E-state index contributed by atoms with van der Waals surface area (Å²) in [6, 6.07) is 4.40. The zero-order valence-electron chi connectivity index (χ0n) is 10.1. The van der Waals surface area contributed by atoms with Crippen LogP contribution in [0.25, 0.3) is 0 Å². The second-order valence-corrected chi connectivity index (χ2v) is 3.76. The van der Waals surface area contributed by atoms with Crippen LogP contribution in [-0.2, 0) is 4.74 Å². The number of rotatable bonds is 6. The van der Waals surface area contributed by atoms with E-state index in [0.29, 0.717) is 23.1 Å². The van der Waals surface area contributed by atoms with E-state index in [4.69, 9.17) is 15.6 Å². The Morgan fingerprint density at radius 2 is 2.28 bits per heavy atom. The molecule has 0 aliphatic heterocycles. The van der Waals surface area contributed by atoms with Gasteiger partial charge in [0.1, 0.15) is 6.29 Å². The molecule has 1 amide bonds. The molecule has 0 fully saturated rings. The average molecular weight is 252 g/mol. The van der Waals surface area contributed by atoms with Crippen molar-refractivity contribution in [2.75, 3.05) is 26.0 Å². The van der Waals surface area contributed by atoms with Gasteiger partial charge in [-0.3, -0.25) is 9.59 Å². The number of nitrogens with one attached hydrogen (secondary N) is 1. The highest BCUT2D eigenvalue weighted by Gasteiger charge is 2.11. The fraction of sp³-hybridized carbons (Fsp3) is 0.333. The topological polar surface area (TPSA) is 102 Å². The summed E-state index contributed by atoms with van der Waals surface area (Å²) in [7, 11) is 1.44. The third kappa shape index (κ3) is 3.83. The Balaban J connectivity index is 2.72. The van der Waals surface area contributed by atoms with Gasteiger partial charge in [0.15, 0.2) is 0 Å².